The summed E-state index contributed by atoms with van der Waals surface area (Å²) in [5.74, 6) is 4.79. The summed E-state index contributed by atoms with van der Waals surface area (Å²) in [4.78, 5) is 13.2. The molecule has 1 N–H and O–H groups in total. The van der Waals surface area contributed by atoms with E-state index in [2.05, 4.69) is 53.1 Å². The Morgan fingerprint density at radius 2 is 1.77 bits per heavy atom. The Labute approximate surface area is 212 Å². The Bertz CT molecular complexity index is 838. The lowest BCUT2D eigenvalue weighted by atomic mass is 9.44. The number of nitrogens with one attached hydrogen (secondary N) is 1. The van der Waals surface area contributed by atoms with Crippen LogP contribution in [0.1, 0.15) is 92.9 Å². The van der Waals surface area contributed by atoms with Gasteiger partial charge in [-0.15, -0.1) is 0 Å². The predicted molar refractivity (Wildman–Crippen MR) is 143 cm³/mol. The van der Waals surface area contributed by atoms with Crippen molar-refractivity contribution in [3.8, 4) is 0 Å². The van der Waals surface area contributed by atoms with Gasteiger partial charge in [0.05, 0.1) is 12.4 Å². The van der Waals surface area contributed by atoms with E-state index < -0.39 is 0 Å². The van der Waals surface area contributed by atoms with Gasteiger partial charge in [-0.3, -0.25) is 4.79 Å². The van der Waals surface area contributed by atoms with Crippen LogP contribution in [0.5, 0.6) is 0 Å². The predicted octanol–water partition coefficient (Wildman–Crippen LogP) is 6.21. The molecule has 0 aliphatic heterocycles. The molecule has 0 bridgehead atoms. The van der Waals surface area contributed by atoms with E-state index in [4.69, 9.17) is 0 Å². The molecule has 7 nitrogen and oxygen atoms in total. The SMILES string of the molecule is C.C=NN(CC(=O)C1CCC2C3CCC4CC(C)CCC4(C)C3CCC12C)/N=C\C.c1cn[nH]n1. The van der Waals surface area contributed by atoms with Crippen LogP contribution >= 0.6 is 0 Å². The van der Waals surface area contributed by atoms with E-state index in [-0.39, 0.29) is 25.3 Å². The van der Waals surface area contributed by atoms with E-state index >= 15 is 0 Å². The third-order valence-corrected chi connectivity index (χ3v) is 10.4. The van der Waals surface area contributed by atoms with Gasteiger partial charge in [-0.05, 0) is 98.7 Å². The highest BCUT2D eigenvalue weighted by Gasteiger charge is 2.60. The second-order valence-electron chi connectivity index (χ2n) is 11.9. The van der Waals surface area contributed by atoms with Crippen molar-refractivity contribution in [2.24, 2.45) is 56.5 Å². The van der Waals surface area contributed by atoms with Crippen molar-refractivity contribution in [1.29, 1.82) is 0 Å². The van der Waals surface area contributed by atoms with Crippen molar-refractivity contribution in [3.63, 3.8) is 0 Å². The van der Waals surface area contributed by atoms with Gasteiger partial charge in [0.2, 0.25) is 0 Å². The monoisotopic (exact) mass is 484 g/mol. The van der Waals surface area contributed by atoms with Crippen LogP contribution in [0.4, 0.5) is 0 Å². The van der Waals surface area contributed by atoms with Gasteiger partial charge in [0.15, 0.2) is 5.78 Å². The van der Waals surface area contributed by atoms with Crippen molar-refractivity contribution in [1.82, 2.24) is 20.5 Å². The van der Waals surface area contributed by atoms with Crippen LogP contribution < -0.4 is 0 Å². The molecule has 0 amide bonds. The fourth-order valence-corrected chi connectivity index (χ4v) is 8.68. The molecule has 0 radical (unpaired) electrons. The first-order chi connectivity index (χ1) is 16.3. The molecule has 4 aliphatic rings. The van der Waals surface area contributed by atoms with Crippen LogP contribution in [0.15, 0.2) is 22.6 Å². The lowest BCUT2D eigenvalue weighted by Gasteiger charge is -2.61. The molecule has 196 valence electrons. The van der Waals surface area contributed by atoms with Crippen LogP contribution in [0, 0.1) is 46.3 Å². The molecule has 1 aromatic heterocycles. The molecule has 1 aromatic rings. The summed E-state index contributed by atoms with van der Waals surface area (Å²) in [5, 5.41) is 18.9. The average Bonchev–Trinajstić information content (AvgIpc) is 3.50. The second-order valence-corrected chi connectivity index (χ2v) is 11.9. The van der Waals surface area contributed by atoms with Gasteiger partial charge in [0.1, 0.15) is 6.54 Å². The standard InChI is InChI=1S/C25H41N3O.C2H3N3.CH4/c1-6-27-28(26-5)16-23(29)22-10-9-20-19-8-7-18-15-17(2)11-13-24(18,3)21(19)12-14-25(20,22)4;1-2-4-5-3-1;/h6,17-22H,5,7-16H2,1-4H3;1-2H,(H,3,4,5);1H4/b27-6-;;. The number of hydrogen-bond donors (Lipinski definition) is 1. The number of rotatable bonds is 5. The number of fused-ring (bicyclic) bond motifs is 5. The van der Waals surface area contributed by atoms with Crippen LogP contribution in [0.3, 0.4) is 0 Å². The van der Waals surface area contributed by atoms with Crippen LogP contribution in [-0.2, 0) is 4.79 Å². The summed E-state index contributed by atoms with van der Waals surface area (Å²) in [6, 6.07) is 0. The zero-order valence-corrected chi connectivity index (χ0v) is 21.6. The summed E-state index contributed by atoms with van der Waals surface area (Å²) in [7, 11) is 0. The minimum atomic E-state index is 0. The molecule has 4 aliphatic carbocycles. The van der Waals surface area contributed by atoms with E-state index in [9.17, 15) is 4.79 Å². The number of nitrogens with zero attached hydrogens (tertiary/aromatic N) is 5. The molecule has 0 aromatic carbocycles. The first-order valence-electron chi connectivity index (χ1n) is 13.4. The molecular weight excluding hydrogens is 436 g/mol. The van der Waals surface area contributed by atoms with Gasteiger partial charge in [0.25, 0.3) is 0 Å². The Balaban J connectivity index is 0.000000509. The van der Waals surface area contributed by atoms with Gasteiger partial charge in [0, 0.05) is 18.9 Å². The van der Waals surface area contributed by atoms with Crippen molar-refractivity contribution < 1.29 is 4.79 Å². The second kappa shape index (κ2) is 11.3. The van der Waals surface area contributed by atoms with E-state index in [1.54, 1.807) is 18.6 Å². The number of Topliss-reactive ketones (excluding diaryl/α,β-unsaturated/α-hetero) is 1. The quantitative estimate of drug-likeness (QED) is 0.397. The van der Waals surface area contributed by atoms with Crippen LogP contribution in [0.25, 0.3) is 0 Å². The molecule has 7 heteroatoms. The van der Waals surface area contributed by atoms with Gasteiger partial charge >= 0.3 is 0 Å². The Hall–Kier alpha value is -2.05. The van der Waals surface area contributed by atoms with E-state index in [0.717, 1.165) is 36.0 Å². The lowest BCUT2D eigenvalue weighted by Crippen LogP contribution is -2.54. The number of aromatic nitrogens is 3. The third kappa shape index (κ3) is 5.24. The molecule has 0 spiro atoms. The largest absolute Gasteiger partial charge is 0.297 e. The Kier molecular flexibility index (Phi) is 8.92. The van der Waals surface area contributed by atoms with Gasteiger partial charge in [-0.2, -0.15) is 30.7 Å². The third-order valence-electron chi connectivity index (χ3n) is 10.4. The highest BCUT2D eigenvalue weighted by atomic mass is 16.1. The molecule has 8 unspecified atom stereocenters. The van der Waals surface area contributed by atoms with E-state index in [1.165, 1.54) is 56.5 Å². The summed E-state index contributed by atoms with van der Waals surface area (Å²) in [5.41, 5.74) is 0.727. The average molecular weight is 485 g/mol. The fourth-order valence-electron chi connectivity index (χ4n) is 8.68. The zero-order chi connectivity index (χ0) is 24.3. The van der Waals surface area contributed by atoms with E-state index in [1.807, 2.05) is 6.92 Å². The highest BCUT2D eigenvalue weighted by Crippen LogP contribution is 2.67. The number of carbonyl (C=O) groups is 1. The van der Waals surface area contributed by atoms with Gasteiger partial charge in [-0.1, -0.05) is 34.6 Å². The number of hydrazone groups is 2. The Morgan fingerprint density at radius 1 is 1.09 bits per heavy atom. The zero-order valence-electron chi connectivity index (χ0n) is 21.6. The maximum Gasteiger partial charge on any atom is 0.159 e. The molecule has 4 saturated carbocycles. The number of hydrogen-bond acceptors (Lipinski definition) is 6. The molecule has 1 heterocycles. The molecule has 35 heavy (non-hydrogen) atoms. The summed E-state index contributed by atoms with van der Waals surface area (Å²) in [6.45, 7) is 13.2. The minimum absolute atomic E-state index is 0. The van der Waals surface area contributed by atoms with Gasteiger partial charge < -0.3 is 0 Å². The summed E-state index contributed by atoms with van der Waals surface area (Å²) >= 11 is 0. The highest BCUT2D eigenvalue weighted by molar-refractivity contribution is 5.84. The molecule has 8 atom stereocenters. The molecule has 4 fully saturated rings. The lowest BCUT2D eigenvalue weighted by molar-refractivity contribution is -0.137. The smallest absolute Gasteiger partial charge is 0.159 e. The number of ketones is 1. The fraction of sp³-hybridized carbons (Fsp3) is 0.821. The normalized spacial score (nSPS) is 39.8. The number of aromatic amines is 1. The summed E-state index contributed by atoms with van der Waals surface area (Å²) < 4.78 is 0. The Morgan fingerprint density at radius 3 is 2.40 bits per heavy atom. The molecule has 5 rings (SSSR count). The topological polar surface area (TPSA) is 86.6 Å². The van der Waals surface area contributed by atoms with E-state index in [0.29, 0.717) is 11.2 Å². The maximum atomic E-state index is 13.2. The molecule has 0 saturated heterocycles. The van der Waals surface area contributed by atoms with Crippen LogP contribution in [0.2, 0.25) is 0 Å². The first-order valence-corrected chi connectivity index (χ1v) is 13.4. The minimum Gasteiger partial charge on any atom is -0.297 e. The van der Waals surface area contributed by atoms with Crippen LogP contribution in [-0.4, -0.2) is 45.8 Å². The van der Waals surface area contributed by atoms with Crippen molar-refractivity contribution >= 4 is 18.7 Å². The maximum absolute atomic E-state index is 13.2. The van der Waals surface area contributed by atoms with Gasteiger partial charge in [-0.25, -0.2) is 0 Å². The molecular formula is C28H48N6O. The van der Waals surface area contributed by atoms with Crippen molar-refractivity contribution in [2.75, 3.05) is 6.54 Å². The van der Waals surface area contributed by atoms with Crippen molar-refractivity contribution in [3.05, 3.63) is 12.4 Å². The van der Waals surface area contributed by atoms with Crippen molar-refractivity contribution in [2.45, 2.75) is 92.9 Å². The first kappa shape index (κ1) is 27.5. The summed E-state index contributed by atoms with van der Waals surface area (Å²) in [6.07, 6.45) is 16.8. The number of carbonyl (C=O) groups excluding carboxylic acids is 1. The number of H-pyrrole nitrogens is 1.